The normalized spacial score (nSPS) is 21.3. The van der Waals surface area contributed by atoms with E-state index in [1.165, 1.54) is 29.5 Å². The summed E-state index contributed by atoms with van der Waals surface area (Å²) in [5, 5.41) is 12.4. The number of benzene rings is 1. The number of urea groups is 1. The molecule has 2 aliphatic carbocycles. The van der Waals surface area contributed by atoms with Gasteiger partial charge >= 0.3 is 12.0 Å². The second-order valence-electron chi connectivity index (χ2n) is 8.66. The molecule has 2 aliphatic rings. The number of carboxylic acid groups (broad SMARTS) is 1. The number of nitrogens with zero attached hydrogens (tertiary/aromatic N) is 2. The Balaban J connectivity index is 1.38. The molecule has 2 saturated carbocycles. The first-order valence-corrected chi connectivity index (χ1v) is 13.5. The van der Waals surface area contributed by atoms with Crippen LogP contribution in [-0.2, 0) is 4.79 Å². The number of hydrogen-bond acceptors (Lipinski definition) is 6. The lowest BCUT2D eigenvalue weighted by Crippen LogP contribution is -2.51. The number of ether oxygens (including phenoxy) is 1. The molecule has 2 N–H and O–H groups in total. The van der Waals surface area contributed by atoms with Gasteiger partial charge in [-0.1, -0.05) is 48.8 Å². The lowest BCUT2D eigenvalue weighted by molar-refractivity contribution is -0.133. The molecule has 0 spiro atoms. The molecular formula is C24H31N3O4S2. The lowest BCUT2D eigenvalue weighted by Gasteiger charge is -2.42. The van der Waals surface area contributed by atoms with E-state index in [0.717, 1.165) is 61.3 Å². The van der Waals surface area contributed by atoms with Gasteiger partial charge in [0.05, 0.1) is 22.3 Å². The highest BCUT2D eigenvalue weighted by atomic mass is 32.2. The second-order valence-corrected chi connectivity index (χ2v) is 11.0. The van der Waals surface area contributed by atoms with Gasteiger partial charge in [0.25, 0.3) is 0 Å². The van der Waals surface area contributed by atoms with Crippen molar-refractivity contribution in [3.63, 3.8) is 0 Å². The van der Waals surface area contributed by atoms with E-state index in [1.54, 1.807) is 6.20 Å². The molecule has 4 rings (SSSR count). The second kappa shape index (κ2) is 11.7. The van der Waals surface area contributed by atoms with Crippen molar-refractivity contribution in [1.29, 1.82) is 0 Å². The van der Waals surface area contributed by atoms with Crippen LogP contribution in [0.15, 0.2) is 40.7 Å². The minimum absolute atomic E-state index is 0.0158. The first-order valence-electron chi connectivity index (χ1n) is 11.7. The first-order chi connectivity index (χ1) is 16.1. The Morgan fingerprint density at radius 2 is 1.76 bits per heavy atom. The number of anilines is 1. The number of aliphatic carboxylic acids is 1. The van der Waals surface area contributed by atoms with Crippen LogP contribution >= 0.6 is 23.1 Å². The number of thioether (sulfide) groups is 1. The van der Waals surface area contributed by atoms with Crippen molar-refractivity contribution in [3.05, 3.63) is 36.5 Å². The summed E-state index contributed by atoms with van der Waals surface area (Å²) < 4.78 is 6.94. The highest BCUT2D eigenvalue weighted by Crippen LogP contribution is 2.33. The van der Waals surface area contributed by atoms with Crippen LogP contribution in [0.3, 0.4) is 0 Å². The Hall–Kier alpha value is -2.26. The fraction of sp³-hybridized carbons (Fsp3) is 0.542. The molecule has 1 aromatic carbocycles. The van der Waals surface area contributed by atoms with E-state index in [-0.39, 0.29) is 30.0 Å². The van der Waals surface area contributed by atoms with Crippen molar-refractivity contribution in [2.24, 2.45) is 0 Å². The maximum atomic E-state index is 13.4. The number of nitrogens with one attached hydrogen (secondary N) is 1. The standard InChI is InChI=1S/C24H31N3O4S2/c28-21(29)16-32-22-15-25-23(33-22)26-24(30)27(17-7-3-1-4-8-17)18-11-13-20(14-12-18)31-19-9-5-2-6-10-19/h2,5-6,9-10,15,17-18,20H,1,3-4,7-8,11-14,16H2,(H,28,29)(H,25,26,30). The zero-order valence-electron chi connectivity index (χ0n) is 18.7. The van der Waals surface area contributed by atoms with E-state index in [1.807, 2.05) is 30.3 Å². The summed E-state index contributed by atoms with van der Waals surface area (Å²) in [5.41, 5.74) is 0. The lowest BCUT2D eigenvalue weighted by atomic mass is 9.88. The molecule has 0 unspecified atom stereocenters. The van der Waals surface area contributed by atoms with E-state index in [4.69, 9.17) is 9.84 Å². The summed E-state index contributed by atoms with van der Waals surface area (Å²) in [5.74, 6) is 0.0235. The van der Waals surface area contributed by atoms with E-state index >= 15 is 0 Å². The first kappa shape index (κ1) is 23.9. The van der Waals surface area contributed by atoms with E-state index in [9.17, 15) is 9.59 Å². The minimum atomic E-state index is -0.866. The van der Waals surface area contributed by atoms with Gasteiger partial charge in [0, 0.05) is 12.1 Å². The molecule has 7 nitrogen and oxygen atoms in total. The zero-order valence-corrected chi connectivity index (χ0v) is 20.3. The smallest absolute Gasteiger partial charge is 0.324 e. The Kier molecular flexibility index (Phi) is 8.50. The molecule has 33 heavy (non-hydrogen) atoms. The van der Waals surface area contributed by atoms with Gasteiger partial charge < -0.3 is 14.7 Å². The molecule has 2 fully saturated rings. The van der Waals surface area contributed by atoms with Crippen LogP contribution in [0.4, 0.5) is 9.93 Å². The van der Waals surface area contributed by atoms with E-state index in [2.05, 4.69) is 15.2 Å². The van der Waals surface area contributed by atoms with Gasteiger partial charge in [0.15, 0.2) is 5.13 Å². The maximum Gasteiger partial charge on any atom is 0.324 e. The Morgan fingerprint density at radius 1 is 1.06 bits per heavy atom. The van der Waals surface area contributed by atoms with E-state index < -0.39 is 5.97 Å². The molecule has 1 heterocycles. The molecule has 2 amide bonds. The molecule has 0 atom stereocenters. The SMILES string of the molecule is O=C(O)CSc1cnc(NC(=O)N(C2CCCCC2)C2CCC(Oc3ccccc3)CC2)s1. The Morgan fingerprint density at radius 3 is 2.45 bits per heavy atom. The number of carbonyl (C=O) groups excluding carboxylic acids is 1. The van der Waals surface area contributed by atoms with Crippen LogP contribution in [0.25, 0.3) is 0 Å². The molecule has 0 bridgehead atoms. The molecule has 1 aromatic heterocycles. The van der Waals surface area contributed by atoms with Crippen LogP contribution in [0.5, 0.6) is 5.75 Å². The quantitative estimate of drug-likeness (QED) is 0.450. The Bertz CT molecular complexity index is 909. The van der Waals surface area contributed by atoms with Crippen LogP contribution in [0, 0.1) is 0 Å². The van der Waals surface area contributed by atoms with Gasteiger partial charge in [-0.15, -0.1) is 11.8 Å². The third-order valence-corrected chi connectivity index (χ3v) is 8.41. The predicted molar refractivity (Wildman–Crippen MR) is 131 cm³/mol. The number of hydrogen-bond donors (Lipinski definition) is 2. The van der Waals surface area contributed by atoms with Gasteiger partial charge in [0.1, 0.15) is 5.75 Å². The number of carbonyl (C=O) groups is 2. The van der Waals surface area contributed by atoms with Gasteiger partial charge in [-0.25, -0.2) is 9.78 Å². The van der Waals surface area contributed by atoms with Crippen molar-refractivity contribution in [3.8, 4) is 5.75 Å². The number of aromatic nitrogens is 1. The van der Waals surface area contributed by atoms with Crippen molar-refractivity contribution in [2.75, 3.05) is 11.1 Å². The summed E-state index contributed by atoms with van der Waals surface area (Å²) in [7, 11) is 0. The van der Waals surface area contributed by atoms with Gasteiger partial charge in [0.2, 0.25) is 0 Å². The predicted octanol–water partition coefficient (Wildman–Crippen LogP) is 5.88. The number of rotatable bonds is 8. The summed E-state index contributed by atoms with van der Waals surface area (Å²) in [4.78, 5) is 30.6. The largest absolute Gasteiger partial charge is 0.490 e. The molecule has 0 radical (unpaired) electrons. The van der Waals surface area contributed by atoms with Crippen molar-refractivity contribution < 1.29 is 19.4 Å². The van der Waals surface area contributed by atoms with Crippen molar-refractivity contribution in [1.82, 2.24) is 9.88 Å². The molecule has 0 aliphatic heterocycles. The van der Waals surface area contributed by atoms with Crippen molar-refractivity contribution in [2.45, 2.75) is 80.2 Å². The van der Waals surface area contributed by atoms with Crippen LogP contribution in [0.2, 0.25) is 0 Å². The highest BCUT2D eigenvalue weighted by molar-refractivity contribution is 8.01. The maximum absolute atomic E-state index is 13.4. The number of amides is 2. The van der Waals surface area contributed by atoms with Gasteiger partial charge in [-0.2, -0.15) is 0 Å². The number of thiazole rings is 1. The van der Waals surface area contributed by atoms with Crippen LogP contribution < -0.4 is 10.1 Å². The fourth-order valence-corrected chi connectivity index (χ4v) is 6.38. The highest BCUT2D eigenvalue weighted by Gasteiger charge is 2.35. The number of para-hydroxylation sites is 1. The van der Waals surface area contributed by atoms with Crippen LogP contribution in [0.1, 0.15) is 57.8 Å². The minimum Gasteiger partial charge on any atom is -0.490 e. The third-order valence-electron chi connectivity index (χ3n) is 6.32. The van der Waals surface area contributed by atoms with Gasteiger partial charge in [-0.3, -0.25) is 10.1 Å². The molecular weight excluding hydrogens is 458 g/mol. The van der Waals surface area contributed by atoms with Crippen LogP contribution in [-0.4, -0.2) is 50.9 Å². The topological polar surface area (TPSA) is 91.8 Å². The average molecular weight is 490 g/mol. The summed E-state index contributed by atoms with van der Waals surface area (Å²) in [6.07, 6.45) is 11.2. The molecule has 2 aromatic rings. The van der Waals surface area contributed by atoms with Gasteiger partial charge in [-0.05, 0) is 50.7 Å². The zero-order chi connectivity index (χ0) is 23.0. The molecule has 0 saturated heterocycles. The average Bonchev–Trinajstić information content (AvgIpc) is 3.27. The third kappa shape index (κ3) is 6.86. The fourth-order valence-electron chi connectivity index (χ4n) is 4.79. The Labute approximate surface area is 202 Å². The molecule has 178 valence electrons. The van der Waals surface area contributed by atoms with E-state index in [0.29, 0.717) is 5.13 Å². The van der Waals surface area contributed by atoms with Crippen molar-refractivity contribution >= 4 is 40.2 Å². The molecule has 9 heteroatoms. The monoisotopic (exact) mass is 489 g/mol. The summed E-state index contributed by atoms with van der Waals surface area (Å²) in [6, 6.07) is 10.3. The number of carboxylic acids is 1. The summed E-state index contributed by atoms with van der Waals surface area (Å²) in [6.45, 7) is 0. The summed E-state index contributed by atoms with van der Waals surface area (Å²) >= 11 is 2.54.